The Morgan fingerprint density at radius 2 is 1.45 bits per heavy atom. The number of allylic oxidation sites excluding steroid dienone is 2. The molecule has 3 heterocycles. The normalized spacial score (nSPS) is 23.7. The number of carbonyl (C=O) groups is 1. The molecule has 1 aromatic carbocycles. The highest BCUT2D eigenvalue weighted by molar-refractivity contribution is 6.07. The van der Waals surface area contributed by atoms with Crippen molar-refractivity contribution in [2.45, 2.75) is 58.0 Å². The molecule has 0 saturated carbocycles. The lowest BCUT2D eigenvalue weighted by molar-refractivity contribution is -0.133. The van der Waals surface area contributed by atoms with Gasteiger partial charge in [-0.25, -0.2) is 0 Å². The van der Waals surface area contributed by atoms with Crippen molar-refractivity contribution in [1.82, 2.24) is 0 Å². The number of fused-ring (bicyclic) bond motifs is 4. The lowest BCUT2D eigenvalue weighted by Gasteiger charge is -2.41. The van der Waals surface area contributed by atoms with Gasteiger partial charge in [-0.15, -0.1) is 0 Å². The maximum atomic E-state index is 14.3. The third-order valence-electron chi connectivity index (χ3n) is 7.60. The smallest absolute Gasteiger partial charge is 0.249 e. The van der Waals surface area contributed by atoms with E-state index in [-0.39, 0.29) is 11.5 Å². The van der Waals surface area contributed by atoms with Crippen LogP contribution in [0.25, 0.3) is 5.57 Å². The zero-order chi connectivity index (χ0) is 27.0. The fourth-order valence-corrected chi connectivity index (χ4v) is 5.88. The number of unbranched alkanes of at least 4 members (excludes halogenated alkanes) is 2. The first-order valence-corrected chi connectivity index (χ1v) is 13.3. The molecule has 38 heavy (non-hydrogen) atoms. The van der Waals surface area contributed by atoms with Crippen molar-refractivity contribution >= 4 is 11.4 Å². The van der Waals surface area contributed by atoms with Gasteiger partial charge in [-0.3, -0.25) is 4.79 Å². The van der Waals surface area contributed by atoms with E-state index >= 15 is 0 Å². The predicted octanol–water partition coefficient (Wildman–Crippen LogP) is 5.44. The van der Waals surface area contributed by atoms with E-state index in [0.717, 1.165) is 48.0 Å². The molecule has 204 valence electrons. The van der Waals surface area contributed by atoms with Crippen LogP contribution in [0.15, 0.2) is 40.6 Å². The quantitative estimate of drug-likeness (QED) is 0.445. The third kappa shape index (κ3) is 3.68. The summed E-state index contributed by atoms with van der Waals surface area (Å²) in [5.41, 5.74) is 3.31. The monoisotopic (exact) mass is 524 g/mol. The van der Waals surface area contributed by atoms with E-state index < -0.39 is 5.60 Å². The number of rotatable bonds is 8. The van der Waals surface area contributed by atoms with E-state index in [1.807, 2.05) is 0 Å². The summed E-state index contributed by atoms with van der Waals surface area (Å²) < 4.78 is 42.0. The highest BCUT2D eigenvalue weighted by Gasteiger charge is 2.58. The van der Waals surface area contributed by atoms with Gasteiger partial charge in [0.2, 0.25) is 34.4 Å². The molecule has 3 aliphatic heterocycles. The second-order valence-corrected chi connectivity index (χ2v) is 9.72. The van der Waals surface area contributed by atoms with Gasteiger partial charge in [0.25, 0.3) is 0 Å². The second kappa shape index (κ2) is 10.3. The number of benzene rings is 1. The van der Waals surface area contributed by atoms with Gasteiger partial charge in [0.1, 0.15) is 13.2 Å². The molecule has 0 bridgehead atoms. The summed E-state index contributed by atoms with van der Waals surface area (Å²) in [5, 5.41) is 0. The van der Waals surface area contributed by atoms with E-state index in [4.69, 9.17) is 33.2 Å². The zero-order valence-electron chi connectivity index (χ0n) is 23.1. The summed E-state index contributed by atoms with van der Waals surface area (Å²) in [6.45, 7) is 5.05. The molecule has 0 amide bonds. The molecular formula is C30H36O8. The maximum absolute atomic E-state index is 14.3. The first-order chi connectivity index (χ1) is 18.5. The average Bonchev–Trinajstić information content (AvgIpc) is 3.56. The Hall–Kier alpha value is -3.55. The topological polar surface area (TPSA) is 81.7 Å². The van der Waals surface area contributed by atoms with Gasteiger partial charge in [0.15, 0.2) is 17.3 Å². The lowest BCUT2D eigenvalue weighted by atomic mass is 9.74. The van der Waals surface area contributed by atoms with Crippen LogP contribution >= 0.6 is 0 Å². The molecule has 0 fully saturated rings. The Bertz CT molecular complexity index is 1280. The van der Waals surface area contributed by atoms with E-state index in [9.17, 15) is 4.79 Å². The summed E-state index contributed by atoms with van der Waals surface area (Å²) in [7, 11) is 6.13. The molecule has 0 radical (unpaired) electrons. The molecular weight excluding hydrogens is 488 g/mol. The van der Waals surface area contributed by atoms with Crippen molar-refractivity contribution < 1.29 is 38.0 Å². The summed E-state index contributed by atoms with van der Waals surface area (Å²) in [6, 6.07) is 0. The van der Waals surface area contributed by atoms with Gasteiger partial charge in [-0.1, -0.05) is 38.8 Å². The molecule has 1 aromatic rings. The fraction of sp³-hybridized carbons (Fsp3) is 0.500. The Morgan fingerprint density at radius 3 is 2.08 bits per heavy atom. The molecule has 8 nitrogen and oxygen atoms in total. The summed E-state index contributed by atoms with van der Waals surface area (Å²) in [5.74, 6) is 2.59. The van der Waals surface area contributed by atoms with Gasteiger partial charge in [0.05, 0.1) is 34.0 Å². The molecule has 0 aromatic heterocycles. The molecule has 1 unspecified atom stereocenters. The van der Waals surface area contributed by atoms with E-state index in [1.165, 1.54) is 14.2 Å². The third-order valence-corrected chi connectivity index (χ3v) is 7.60. The lowest BCUT2D eigenvalue weighted by Crippen LogP contribution is -2.52. The van der Waals surface area contributed by atoms with Crippen LogP contribution in [0.4, 0.5) is 0 Å². The molecule has 0 N–H and O–H groups in total. The summed E-state index contributed by atoms with van der Waals surface area (Å²) >= 11 is 0. The highest BCUT2D eigenvalue weighted by atomic mass is 16.6. The predicted molar refractivity (Wildman–Crippen MR) is 142 cm³/mol. The van der Waals surface area contributed by atoms with Crippen molar-refractivity contribution in [3.8, 4) is 23.0 Å². The molecule has 1 atom stereocenters. The van der Waals surface area contributed by atoms with Crippen molar-refractivity contribution in [3.63, 3.8) is 0 Å². The number of Topliss-reactive ketones (excluding diaryl/α,β-unsaturated/α-hetero) is 1. The number of methoxy groups -OCH3 is 4. The minimum absolute atomic E-state index is 0.0883. The number of ketones is 1. The molecule has 5 rings (SSSR count). The van der Waals surface area contributed by atoms with Crippen molar-refractivity contribution in [2.75, 3.05) is 41.7 Å². The molecule has 0 saturated heterocycles. The van der Waals surface area contributed by atoms with Crippen molar-refractivity contribution in [2.24, 2.45) is 0 Å². The largest absolute Gasteiger partial charge is 0.490 e. The van der Waals surface area contributed by atoms with Crippen molar-refractivity contribution in [1.29, 1.82) is 0 Å². The van der Waals surface area contributed by atoms with Crippen LogP contribution in [-0.4, -0.2) is 53.0 Å². The molecule has 1 spiro atoms. The van der Waals surface area contributed by atoms with Gasteiger partial charge in [-0.2, -0.15) is 0 Å². The maximum Gasteiger partial charge on any atom is 0.249 e. The Morgan fingerprint density at radius 1 is 0.816 bits per heavy atom. The van der Waals surface area contributed by atoms with Crippen LogP contribution < -0.4 is 18.9 Å². The van der Waals surface area contributed by atoms with Crippen LogP contribution in [0.1, 0.15) is 57.1 Å². The van der Waals surface area contributed by atoms with Crippen LogP contribution in [0.5, 0.6) is 23.0 Å². The Labute approximate surface area is 223 Å². The second-order valence-electron chi connectivity index (χ2n) is 9.72. The number of hydrogen-bond acceptors (Lipinski definition) is 8. The Balaban J connectivity index is 1.74. The number of hydrogen-bond donors (Lipinski definition) is 0. The summed E-state index contributed by atoms with van der Waals surface area (Å²) in [4.78, 5) is 14.3. The van der Waals surface area contributed by atoms with Crippen molar-refractivity contribution in [3.05, 3.63) is 51.7 Å². The Kier molecular flexibility index (Phi) is 7.07. The number of carbonyl (C=O) groups excluding carboxylic acids is 1. The van der Waals surface area contributed by atoms with Crippen LogP contribution in [0.3, 0.4) is 0 Å². The molecule has 4 aliphatic rings. The highest BCUT2D eigenvalue weighted by Crippen LogP contribution is 2.59. The average molecular weight is 525 g/mol. The SMILES string of the molecule is CCC/C=C1\COC2=C1C1(CCc3c(c(OC)c(OC)c4c3/C(=C/CCC)CO4)O1)C(=O)C(OC)=C2OC. The minimum Gasteiger partial charge on any atom is -0.490 e. The standard InChI is InChI=1S/C30H36O8/c1-7-9-11-17-15-36-23-20(17)19-13-14-30(38-22(19)25(32-3)26(23)33-4)21-18(12-10-8-2)16-37-24(21)27(34-5)28(35-6)29(30)31/h11-12H,7-10,13-16H2,1-6H3/b17-11+,18-12+. The van der Waals surface area contributed by atoms with Gasteiger partial charge >= 0.3 is 0 Å². The van der Waals surface area contributed by atoms with E-state index in [2.05, 4.69) is 26.0 Å². The van der Waals surface area contributed by atoms with E-state index in [1.54, 1.807) is 14.2 Å². The van der Waals surface area contributed by atoms with Crippen LogP contribution in [0.2, 0.25) is 0 Å². The first-order valence-electron chi connectivity index (χ1n) is 13.3. The first kappa shape index (κ1) is 26.1. The van der Waals surface area contributed by atoms with Gasteiger partial charge < -0.3 is 33.2 Å². The van der Waals surface area contributed by atoms with Gasteiger partial charge in [-0.05, 0) is 30.4 Å². The fourth-order valence-electron chi connectivity index (χ4n) is 5.88. The zero-order valence-corrected chi connectivity index (χ0v) is 23.1. The van der Waals surface area contributed by atoms with Crippen LogP contribution in [0, 0.1) is 0 Å². The number of ether oxygens (including phenoxy) is 7. The molecule has 1 aliphatic carbocycles. The van der Waals surface area contributed by atoms with Crippen LogP contribution in [-0.2, 0) is 25.4 Å². The minimum atomic E-state index is -1.36. The summed E-state index contributed by atoms with van der Waals surface area (Å²) in [6.07, 6.45) is 9.09. The van der Waals surface area contributed by atoms with E-state index in [0.29, 0.717) is 66.1 Å². The molecule has 8 heteroatoms. The van der Waals surface area contributed by atoms with Gasteiger partial charge in [0, 0.05) is 17.5 Å².